The van der Waals surface area contributed by atoms with Crippen molar-refractivity contribution >= 4 is 56.2 Å². The number of amides is 1. The molecule has 5 aromatic rings. The summed E-state index contributed by atoms with van der Waals surface area (Å²) in [6.45, 7) is 2.08. The quantitative estimate of drug-likeness (QED) is 0.373. The van der Waals surface area contributed by atoms with Crippen LogP contribution in [-0.4, -0.2) is 36.4 Å². The van der Waals surface area contributed by atoms with E-state index in [9.17, 15) is 4.79 Å². The van der Waals surface area contributed by atoms with Crippen molar-refractivity contribution in [2.24, 2.45) is 7.05 Å². The van der Waals surface area contributed by atoms with Crippen molar-refractivity contribution in [3.05, 3.63) is 70.7 Å². The molecule has 1 N–H and O–H groups in total. The molecule has 1 amide bonds. The van der Waals surface area contributed by atoms with Crippen LogP contribution in [0.25, 0.3) is 22.1 Å². The number of aromatic nitrogens is 5. The number of fused-ring (bicyclic) bond motifs is 3. The summed E-state index contributed by atoms with van der Waals surface area (Å²) in [6, 6.07) is 16.4. The maximum atomic E-state index is 12.4. The number of nitrogens with zero attached hydrogens (tertiary/aromatic N) is 5. The SMILES string of the molecule is Cc1cccc(Cc2cnc(NC(=O)CSc3nnc4c5ccccc5n(C)c4n3)s2)c1. The molecule has 160 valence electrons. The smallest absolute Gasteiger partial charge is 0.236 e. The van der Waals surface area contributed by atoms with Crippen molar-refractivity contribution < 1.29 is 4.79 Å². The molecule has 0 unspecified atom stereocenters. The van der Waals surface area contributed by atoms with Crippen LogP contribution < -0.4 is 5.32 Å². The van der Waals surface area contributed by atoms with Crippen LogP contribution in [0.2, 0.25) is 0 Å². The van der Waals surface area contributed by atoms with E-state index in [1.807, 2.05) is 42.1 Å². The van der Waals surface area contributed by atoms with Gasteiger partial charge in [-0.15, -0.1) is 21.5 Å². The van der Waals surface area contributed by atoms with Gasteiger partial charge in [0.2, 0.25) is 11.1 Å². The molecular weight excluding hydrogens is 440 g/mol. The van der Waals surface area contributed by atoms with Gasteiger partial charge in [-0.25, -0.2) is 9.97 Å². The lowest BCUT2D eigenvalue weighted by atomic mass is 10.1. The number of nitrogens with one attached hydrogen (secondary N) is 1. The van der Waals surface area contributed by atoms with Gasteiger partial charge in [0.25, 0.3) is 0 Å². The third kappa shape index (κ3) is 4.21. The number of carbonyl (C=O) groups is 1. The number of carbonyl (C=O) groups excluding carboxylic acids is 1. The largest absolute Gasteiger partial charge is 0.327 e. The van der Waals surface area contributed by atoms with Gasteiger partial charge in [0.1, 0.15) is 5.52 Å². The molecule has 0 aliphatic rings. The molecule has 3 heterocycles. The van der Waals surface area contributed by atoms with Gasteiger partial charge in [0.05, 0.1) is 11.3 Å². The Balaban J connectivity index is 1.22. The topological polar surface area (TPSA) is 85.6 Å². The summed E-state index contributed by atoms with van der Waals surface area (Å²) in [5, 5.41) is 13.5. The fraction of sp³-hybridized carbons (Fsp3) is 0.174. The highest BCUT2D eigenvalue weighted by Crippen LogP contribution is 2.26. The molecule has 0 bridgehead atoms. The number of anilines is 1. The molecule has 0 aliphatic heterocycles. The average molecular weight is 461 g/mol. The molecule has 0 aliphatic carbocycles. The lowest BCUT2D eigenvalue weighted by molar-refractivity contribution is -0.113. The van der Waals surface area contributed by atoms with E-state index < -0.39 is 0 Å². The van der Waals surface area contributed by atoms with Crippen LogP contribution in [-0.2, 0) is 18.3 Å². The van der Waals surface area contributed by atoms with Gasteiger partial charge in [0, 0.05) is 29.9 Å². The fourth-order valence-electron chi connectivity index (χ4n) is 3.61. The average Bonchev–Trinajstić information content (AvgIpc) is 3.34. The second kappa shape index (κ2) is 8.68. The standard InChI is InChI=1S/C23H20N6OS2/c1-14-6-5-7-15(10-14)11-16-12-24-22(32-16)25-19(30)13-31-23-26-21-20(27-28-23)17-8-3-4-9-18(17)29(21)2/h3-10,12H,11,13H2,1-2H3,(H,24,25,30). The molecule has 5 rings (SSSR count). The zero-order valence-electron chi connectivity index (χ0n) is 17.6. The van der Waals surface area contributed by atoms with Crippen LogP contribution >= 0.6 is 23.1 Å². The van der Waals surface area contributed by atoms with Gasteiger partial charge in [-0.2, -0.15) is 0 Å². The Morgan fingerprint density at radius 3 is 2.91 bits per heavy atom. The normalized spacial score (nSPS) is 11.3. The van der Waals surface area contributed by atoms with Gasteiger partial charge in [0.15, 0.2) is 10.8 Å². The number of hydrogen-bond acceptors (Lipinski definition) is 7. The number of hydrogen-bond donors (Lipinski definition) is 1. The van der Waals surface area contributed by atoms with Crippen LogP contribution in [0, 0.1) is 6.92 Å². The molecule has 0 saturated carbocycles. The lowest BCUT2D eigenvalue weighted by Gasteiger charge is -2.02. The lowest BCUT2D eigenvalue weighted by Crippen LogP contribution is -2.14. The molecule has 32 heavy (non-hydrogen) atoms. The summed E-state index contributed by atoms with van der Waals surface area (Å²) >= 11 is 2.75. The molecule has 0 saturated heterocycles. The zero-order chi connectivity index (χ0) is 22.1. The first kappa shape index (κ1) is 20.6. The van der Waals surface area contributed by atoms with E-state index in [-0.39, 0.29) is 11.7 Å². The highest BCUT2D eigenvalue weighted by atomic mass is 32.2. The first-order valence-electron chi connectivity index (χ1n) is 10.1. The van der Waals surface area contributed by atoms with Crippen LogP contribution in [0.15, 0.2) is 59.9 Å². The maximum Gasteiger partial charge on any atom is 0.236 e. The Bertz CT molecular complexity index is 1440. The molecule has 9 heteroatoms. The van der Waals surface area contributed by atoms with E-state index >= 15 is 0 Å². The number of thiazole rings is 1. The van der Waals surface area contributed by atoms with E-state index in [0.717, 1.165) is 33.4 Å². The van der Waals surface area contributed by atoms with Crippen molar-refractivity contribution in [1.82, 2.24) is 24.7 Å². The maximum absolute atomic E-state index is 12.4. The predicted octanol–water partition coefficient (Wildman–Crippen LogP) is 4.60. The van der Waals surface area contributed by atoms with Crippen molar-refractivity contribution in [3.63, 3.8) is 0 Å². The number of para-hydroxylation sites is 1. The second-order valence-corrected chi connectivity index (χ2v) is 9.53. The Morgan fingerprint density at radius 2 is 2.03 bits per heavy atom. The monoisotopic (exact) mass is 460 g/mol. The van der Waals surface area contributed by atoms with Crippen LogP contribution in [0.4, 0.5) is 5.13 Å². The molecule has 3 aromatic heterocycles. The minimum Gasteiger partial charge on any atom is -0.327 e. The van der Waals surface area contributed by atoms with Gasteiger partial charge in [-0.3, -0.25) is 4.79 Å². The summed E-state index contributed by atoms with van der Waals surface area (Å²) in [4.78, 5) is 22.5. The third-order valence-corrected chi connectivity index (χ3v) is 6.83. The van der Waals surface area contributed by atoms with Gasteiger partial charge in [-0.05, 0) is 18.6 Å². The Hall–Kier alpha value is -3.30. The van der Waals surface area contributed by atoms with Crippen LogP contribution in [0.5, 0.6) is 0 Å². The first-order chi connectivity index (χ1) is 15.6. The Morgan fingerprint density at radius 1 is 1.16 bits per heavy atom. The summed E-state index contributed by atoms with van der Waals surface area (Å²) < 4.78 is 1.99. The summed E-state index contributed by atoms with van der Waals surface area (Å²) in [7, 11) is 1.96. The van der Waals surface area contributed by atoms with E-state index in [4.69, 9.17) is 0 Å². The van der Waals surface area contributed by atoms with Gasteiger partial charge < -0.3 is 9.88 Å². The van der Waals surface area contributed by atoms with Crippen molar-refractivity contribution in [2.75, 3.05) is 11.1 Å². The molecule has 0 atom stereocenters. The van der Waals surface area contributed by atoms with Gasteiger partial charge >= 0.3 is 0 Å². The van der Waals surface area contributed by atoms with Crippen molar-refractivity contribution in [3.8, 4) is 0 Å². The Labute approximate surface area is 192 Å². The first-order valence-corrected chi connectivity index (χ1v) is 11.9. The molecule has 0 radical (unpaired) electrons. The molecule has 0 fully saturated rings. The minimum absolute atomic E-state index is 0.146. The molecular formula is C23H20N6OS2. The van der Waals surface area contributed by atoms with Gasteiger partial charge in [-0.1, -0.05) is 59.8 Å². The third-order valence-electron chi connectivity index (χ3n) is 5.08. The van der Waals surface area contributed by atoms with Crippen molar-refractivity contribution in [2.45, 2.75) is 18.5 Å². The van der Waals surface area contributed by atoms with E-state index in [2.05, 4.69) is 56.7 Å². The fourth-order valence-corrected chi connectivity index (χ4v) is 5.05. The number of aryl methyl sites for hydroxylation is 2. The summed E-state index contributed by atoms with van der Waals surface area (Å²) in [5.41, 5.74) is 5.03. The van der Waals surface area contributed by atoms with E-state index in [1.165, 1.54) is 34.2 Å². The van der Waals surface area contributed by atoms with Crippen molar-refractivity contribution in [1.29, 1.82) is 0 Å². The minimum atomic E-state index is -0.146. The van der Waals surface area contributed by atoms with Crippen LogP contribution in [0.1, 0.15) is 16.0 Å². The zero-order valence-corrected chi connectivity index (χ0v) is 19.2. The molecule has 0 spiro atoms. The Kier molecular flexibility index (Phi) is 5.59. The predicted molar refractivity (Wildman–Crippen MR) is 129 cm³/mol. The molecule has 7 nitrogen and oxygen atoms in total. The highest BCUT2D eigenvalue weighted by Gasteiger charge is 2.14. The van der Waals surface area contributed by atoms with E-state index in [0.29, 0.717) is 10.3 Å². The molecule has 2 aromatic carbocycles. The number of rotatable bonds is 6. The van der Waals surface area contributed by atoms with E-state index in [1.54, 1.807) is 0 Å². The number of thioether (sulfide) groups is 1. The van der Waals surface area contributed by atoms with Crippen LogP contribution in [0.3, 0.4) is 0 Å². The summed E-state index contributed by atoms with van der Waals surface area (Å²) in [5.74, 6) is 0.0383. The second-order valence-electron chi connectivity index (χ2n) is 7.48. The summed E-state index contributed by atoms with van der Waals surface area (Å²) in [6.07, 6.45) is 2.62. The number of benzene rings is 2. The highest BCUT2D eigenvalue weighted by molar-refractivity contribution is 7.99.